The predicted molar refractivity (Wildman–Crippen MR) is 150 cm³/mol. The molecule has 39 heavy (non-hydrogen) atoms. The van der Waals surface area contributed by atoms with E-state index in [1.54, 1.807) is 48.3 Å². The summed E-state index contributed by atoms with van der Waals surface area (Å²) >= 11 is 1.65. The number of thioether (sulfide) groups is 1. The molecule has 1 aliphatic heterocycles. The Labute approximate surface area is 233 Å². The highest BCUT2D eigenvalue weighted by atomic mass is 32.2. The lowest BCUT2D eigenvalue weighted by Gasteiger charge is -2.36. The van der Waals surface area contributed by atoms with Crippen LogP contribution in [-0.4, -0.2) is 30.4 Å². The van der Waals surface area contributed by atoms with Gasteiger partial charge >= 0.3 is 0 Å². The van der Waals surface area contributed by atoms with Gasteiger partial charge in [-0.3, -0.25) is 0 Å². The molecular formula is C30H30N2O5S2. The van der Waals surface area contributed by atoms with Gasteiger partial charge in [0.2, 0.25) is 10.0 Å². The van der Waals surface area contributed by atoms with Crippen LogP contribution >= 0.6 is 11.8 Å². The van der Waals surface area contributed by atoms with Gasteiger partial charge in [-0.15, -0.1) is 11.8 Å². The van der Waals surface area contributed by atoms with Crippen molar-refractivity contribution in [2.75, 3.05) is 5.75 Å². The third kappa shape index (κ3) is 7.33. The Hall–Kier alpha value is -3.05. The average molecular weight is 563 g/mol. The van der Waals surface area contributed by atoms with Gasteiger partial charge in [0.15, 0.2) is 6.29 Å². The Kier molecular flexibility index (Phi) is 9.08. The number of nitrogens with one attached hydrogen (secondary N) is 1. The van der Waals surface area contributed by atoms with Crippen LogP contribution in [0.15, 0.2) is 113 Å². The zero-order chi connectivity index (χ0) is 27.1. The smallest absolute Gasteiger partial charge is 0.240 e. The van der Waals surface area contributed by atoms with E-state index in [1.807, 2.05) is 66.7 Å². The number of pyridine rings is 1. The van der Waals surface area contributed by atoms with Crippen LogP contribution in [0.1, 0.15) is 41.1 Å². The van der Waals surface area contributed by atoms with Crippen LogP contribution < -0.4 is 4.72 Å². The molecule has 9 heteroatoms. The number of hydrogen-bond donors (Lipinski definition) is 2. The highest BCUT2D eigenvalue weighted by Crippen LogP contribution is 2.39. The summed E-state index contributed by atoms with van der Waals surface area (Å²) in [5.74, 6) is 0.724. The summed E-state index contributed by atoms with van der Waals surface area (Å²) in [5, 5.41) is 10.4. The molecular weight excluding hydrogens is 532 g/mol. The predicted octanol–water partition coefficient (Wildman–Crippen LogP) is 5.39. The van der Waals surface area contributed by atoms with Crippen LogP contribution in [0, 0.1) is 0 Å². The molecule has 7 nitrogen and oxygen atoms in total. The zero-order valence-electron chi connectivity index (χ0n) is 21.2. The van der Waals surface area contributed by atoms with E-state index in [-0.39, 0.29) is 30.3 Å². The highest BCUT2D eigenvalue weighted by molar-refractivity contribution is 7.99. The van der Waals surface area contributed by atoms with Crippen molar-refractivity contribution in [1.82, 2.24) is 9.71 Å². The van der Waals surface area contributed by atoms with Gasteiger partial charge in [0, 0.05) is 30.5 Å². The molecule has 0 radical (unpaired) electrons. The lowest BCUT2D eigenvalue weighted by atomic mass is 10.0. The monoisotopic (exact) mass is 562 g/mol. The molecule has 0 amide bonds. The SMILES string of the molecule is O=S(=O)(NCc1ccc([C@@H]2O[C@H](CSc3ccccn3)C[C@H](c3ccc(CO)cc3)O2)cc1)c1ccccc1. The van der Waals surface area contributed by atoms with Crippen LogP contribution in [0.4, 0.5) is 0 Å². The molecule has 202 valence electrons. The quantitative estimate of drug-likeness (QED) is 0.250. The number of aliphatic hydroxyl groups is 1. The van der Waals surface area contributed by atoms with Crippen molar-refractivity contribution in [2.24, 2.45) is 0 Å². The topological polar surface area (TPSA) is 97.8 Å². The van der Waals surface area contributed by atoms with Crippen molar-refractivity contribution >= 4 is 21.8 Å². The van der Waals surface area contributed by atoms with Gasteiger partial charge in [0.25, 0.3) is 0 Å². The van der Waals surface area contributed by atoms with Crippen molar-refractivity contribution in [3.63, 3.8) is 0 Å². The van der Waals surface area contributed by atoms with Gasteiger partial charge in [0.1, 0.15) is 0 Å². The van der Waals surface area contributed by atoms with Crippen molar-refractivity contribution in [3.8, 4) is 0 Å². The molecule has 1 aliphatic rings. The van der Waals surface area contributed by atoms with Gasteiger partial charge in [-0.05, 0) is 41.0 Å². The molecule has 0 saturated carbocycles. The molecule has 3 aromatic carbocycles. The average Bonchev–Trinajstić information content (AvgIpc) is 3.00. The highest BCUT2D eigenvalue weighted by Gasteiger charge is 2.32. The van der Waals surface area contributed by atoms with E-state index in [9.17, 15) is 13.5 Å². The summed E-state index contributed by atoms with van der Waals surface area (Å²) in [5.41, 5.74) is 3.56. The van der Waals surface area contributed by atoms with Crippen molar-refractivity contribution in [2.45, 2.75) is 48.0 Å². The van der Waals surface area contributed by atoms with Crippen LogP contribution in [0.2, 0.25) is 0 Å². The molecule has 0 aliphatic carbocycles. The second-order valence-electron chi connectivity index (χ2n) is 9.21. The number of hydrogen-bond acceptors (Lipinski definition) is 7. The number of nitrogens with zero attached hydrogens (tertiary/aromatic N) is 1. The largest absolute Gasteiger partial charge is 0.392 e. The summed E-state index contributed by atoms with van der Waals surface area (Å²) in [6.45, 7) is 0.168. The summed E-state index contributed by atoms with van der Waals surface area (Å²) < 4.78 is 40.6. The normalized spacial score (nSPS) is 19.6. The Morgan fingerprint density at radius 3 is 2.23 bits per heavy atom. The third-order valence-corrected chi connectivity index (χ3v) is 8.93. The van der Waals surface area contributed by atoms with Gasteiger partial charge in [0.05, 0.1) is 28.7 Å². The lowest BCUT2D eigenvalue weighted by Crippen LogP contribution is -2.31. The summed E-state index contributed by atoms with van der Waals surface area (Å²) in [6, 6.07) is 29.6. The molecule has 1 fully saturated rings. The molecule has 5 rings (SSSR count). The molecule has 3 atom stereocenters. The van der Waals surface area contributed by atoms with E-state index in [0.717, 1.165) is 33.0 Å². The molecule has 2 N–H and O–H groups in total. The van der Waals surface area contributed by atoms with Crippen molar-refractivity contribution in [3.05, 3.63) is 126 Å². The molecule has 4 aromatic rings. The van der Waals surface area contributed by atoms with Crippen LogP contribution in [-0.2, 0) is 32.6 Å². The lowest BCUT2D eigenvalue weighted by molar-refractivity contribution is -0.245. The molecule has 0 bridgehead atoms. The van der Waals surface area contributed by atoms with Crippen LogP contribution in [0.25, 0.3) is 0 Å². The van der Waals surface area contributed by atoms with Crippen LogP contribution in [0.5, 0.6) is 0 Å². The van der Waals surface area contributed by atoms with Crippen molar-refractivity contribution in [1.29, 1.82) is 0 Å². The Morgan fingerprint density at radius 2 is 1.54 bits per heavy atom. The maximum atomic E-state index is 12.6. The molecule has 0 spiro atoms. The molecule has 1 saturated heterocycles. The maximum Gasteiger partial charge on any atom is 0.240 e. The van der Waals surface area contributed by atoms with E-state index >= 15 is 0 Å². The number of rotatable bonds is 10. The van der Waals surface area contributed by atoms with Gasteiger partial charge in [-0.25, -0.2) is 18.1 Å². The third-order valence-electron chi connectivity index (χ3n) is 6.44. The minimum atomic E-state index is -3.59. The van der Waals surface area contributed by atoms with Gasteiger partial charge in [-0.2, -0.15) is 0 Å². The standard InChI is InChI=1S/C30H30N2O5S2/c33-20-23-11-13-24(14-12-23)28-18-26(21-38-29-8-4-5-17-31-29)36-30(37-28)25-15-9-22(10-16-25)19-32-39(34,35)27-6-2-1-3-7-27/h1-17,26,28,30,32-33H,18-21H2/t26-,28+,30+/m0/s1. The fourth-order valence-electron chi connectivity index (χ4n) is 4.29. The second kappa shape index (κ2) is 12.9. The zero-order valence-corrected chi connectivity index (χ0v) is 22.9. The van der Waals surface area contributed by atoms with Gasteiger partial charge < -0.3 is 14.6 Å². The first-order chi connectivity index (χ1) is 19.0. The van der Waals surface area contributed by atoms with Crippen LogP contribution in [0.3, 0.4) is 0 Å². The Bertz CT molecular complexity index is 1430. The fraction of sp³-hybridized carbons (Fsp3) is 0.233. The first kappa shape index (κ1) is 27.5. The first-order valence-electron chi connectivity index (χ1n) is 12.7. The Balaban J connectivity index is 1.28. The van der Waals surface area contributed by atoms with E-state index in [4.69, 9.17) is 9.47 Å². The minimum Gasteiger partial charge on any atom is -0.392 e. The summed E-state index contributed by atoms with van der Waals surface area (Å²) in [6.07, 6.45) is 1.64. The van der Waals surface area contributed by atoms with E-state index in [0.29, 0.717) is 6.42 Å². The molecule has 2 heterocycles. The van der Waals surface area contributed by atoms with E-state index in [1.165, 1.54) is 0 Å². The summed E-state index contributed by atoms with van der Waals surface area (Å²) in [4.78, 5) is 4.64. The number of benzene rings is 3. The Morgan fingerprint density at radius 1 is 0.846 bits per heavy atom. The number of aromatic nitrogens is 1. The number of aliphatic hydroxyl groups excluding tert-OH is 1. The second-order valence-corrected chi connectivity index (χ2v) is 12.0. The first-order valence-corrected chi connectivity index (χ1v) is 15.1. The number of sulfonamides is 1. The van der Waals surface area contributed by atoms with Gasteiger partial charge in [-0.1, -0.05) is 72.8 Å². The fourth-order valence-corrected chi connectivity index (χ4v) is 6.21. The van der Waals surface area contributed by atoms with E-state index < -0.39 is 16.3 Å². The van der Waals surface area contributed by atoms with E-state index in [2.05, 4.69) is 9.71 Å². The number of ether oxygens (including phenoxy) is 2. The minimum absolute atomic E-state index is 0.00522. The molecule has 1 aromatic heterocycles. The molecule has 0 unspecified atom stereocenters. The summed E-state index contributed by atoms with van der Waals surface area (Å²) in [7, 11) is -3.59. The van der Waals surface area contributed by atoms with Crippen molar-refractivity contribution < 1.29 is 23.0 Å². The maximum absolute atomic E-state index is 12.6.